The molecule has 1 saturated carbocycles. The SMILES string of the molecule is Cc1cccc(NC(=O)N2CCC3NNC(C4CCC4)C3C2)c1. The van der Waals surface area contributed by atoms with Crippen molar-refractivity contribution in [2.24, 2.45) is 11.8 Å². The number of nitrogens with zero attached hydrogens (tertiary/aromatic N) is 1. The van der Waals surface area contributed by atoms with Gasteiger partial charge in [0.25, 0.3) is 0 Å². The molecule has 3 fully saturated rings. The van der Waals surface area contributed by atoms with Crippen LogP contribution in [0.4, 0.5) is 10.5 Å². The number of hydrazine groups is 1. The molecule has 5 heteroatoms. The molecule has 3 unspecified atom stereocenters. The van der Waals surface area contributed by atoms with Gasteiger partial charge in [0.05, 0.1) is 0 Å². The molecule has 3 aliphatic rings. The van der Waals surface area contributed by atoms with Gasteiger partial charge in [-0.05, 0) is 49.8 Å². The molecule has 0 spiro atoms. The highest BCUT2D eigenvalue weighted by molar-refractivity contribution is 5.89. The van der Waals surface area contributed by atoms with Crippen LogP contribution in [0.2, 0.25) is 0 Å². The zero-order valence-electron chi connectivity index (χ0n) is 13.7. The number of benzene rings is 1. The fourth-order valence-electron chi connectivity index (χ4n) is 4.21. The monoisotopic (exact) mass is 314 g/mol. The second-order valence-corrected chi connectivity index (χ2v) is 7.31. The minimum absolute atomic E-state index is 0.0355. The molecule has 2 aliphatic heterocycles. The van der Waals surface area contributed by atoms with Crippen LogP contribution in [0.1, 0.15) is 31.2 Å². The van der Waals surface area contributed by atoms with Crippen LogP contribution in [0.25, 0.3) is 0 Å². The van der Waals surface area contributed by atoms with Gasteiger partial charge in [-0.15, -0.1) is 0 Å². The third-order valence-electron chi connectivity index (χ3n) is 5.77. The smallest absolute Gasteiger partial charge is 0.321 e. The first kappa shape index (κ1) is 15.0. The van der Waals surface area contributed by atoms with Crippen molar-refractivity contribution in [2.75, 3.05) is 18.4 Å². The molecule has 5 nitrogen and oxygen atoms in total. The van der Waals surface area contributed by atoms with Gasteiger partial charge in [-0.25, -0.2) is 4.79 Å². The van der Waals surface area contributed by atoms with Gasteiger partial charge >= 0.3 is 6.03 Å². The van der Waals surface area contributed by atoms with Gasteiger partial charge < -0.3 is 10.2 Å². The van der Waals surface area contributed by atoms with E-state index in [-0.39, 0.29) is 6.03 Å². The van der Waals surface area contributed by atoms with Crippen molar-refractivity contribution in [1.82, 2.24) is 15.8 Å². The highest BCUT2D eigenvalue weighted by atomic mass is 16.2. The van der Waals surface area contributed by atoms with Crippen LogP contribution in [-0.4, -0.2) is 36.1 Å². The number of nitrogens with one attached hydrogen (secondary N) is 3. The maximum absolute atomic E-state index is 12.6. The van der Waals surface area contributed by atoms with Crippen LogP contribution < -0.4 is 16.2 Å². The van der Waals surface area contributed by atoms with E-state index >= 15 is 0 Å². The summed E-state index contributed by atoms with van der Waals surface area (Å²) >= 11 is 0. The number of likely N-dealkylation sites (tertiary alicyclic amines) is 1. The largest absolute Gasteiger partial charge is 0.324 e. The summed E-state index contributed by atoms with van der Waals surface area (Å²) in [7, 11) is 0. The summed E-state index contributed by atoms with van der Waals surface area (Å²) in [6.45, 7) is 3.72. The van der Waals surface area contributed by atoms with Crippen molar-refractivity contribution in [3.05, 3.63) is 29.8 Å². The maximum atomic E-state index is 12.6. The predicted molar refractivity (Wildman–Crippen MR) is 91.1 cm³/mol. The number of carbonyl (C=O) groups is 1. The van der Waals surface area contributed by atoms with Crippen LogP contribution in [0.5, 0.6) is 0 Å². The zero-order chi connectivity index (χ0) is 15.8. The van der Waals surface area contributed by atoms with E-state index in [1.807, 2.05) is 36.1 Å². The second kappa shape index (κ2) is 6.13. The van der Waals surface area contributed by atoms with Crippen molar-refractivity contribution in [2.45, 2.75) is 44.7 Å². The molecule has 1 aromatic carbocycles. The average Bonchev–Trinajstić information content (AvgIpc) is 2.88. The van der Waals surface area contributed by atoms with Gasteiger partial charge in [-0.3, -0.25) is 10.9 Å². The highest BCUT2D eigenvalue weighted by Gasteiger charge is 2.45. The van der Waals surface area contributed by atoms with E-state index in [1.165, 1.54) is 19.3 Å². The molecule has 1 aromatic rings. The van der Waals surface area contributed by atoms with E-state index in [9.17, 15) is 4.79 Å². The van der Waals surface area contributed by atoms with Crippen molar-refractivity contribution in [1.29, 1.82) is 0 Å². The third-order valence-corrected chi connectivity index (χ3v) is 5.77. The standard InChI is InChI=1S/C18H26N4O/c1-12-4-2-7-14(10-12)19-18(23)22-9-8-16-15(11-22)17(21-20-16)13-5-3-6-13/h2,4,7,10,13,15-17,20-21H,3,5-6,8-9,11H2,1H3,(H,19,23). The summed E-state index contributed by atoms with van der Waals surface area (Å²) in [4.78, 5) is 14.6. The summed E-state index contributed by atoms with van der Waals surface area (Å²) < 4.78 is 0. The Morgan fingerprint density at radius 3 is 2.87 bits per heavy atom. The number of hydrogen-bond acceptors (Lipinski definition) is 3. The van der Waals surface area contributed by atoms with Crippen molar-refractivity contribution < 1.29 is 4.79 Å². The number of urea groups is 1. The van der Waals surface area contributed by atoms with E-state index in [1.54, 1.807) is 0 Å². The molecule has 124 valence electrons. The van der Waals surface area contributed by atoms with E-state index in [4.69, 9.17) is 0 Å². The molecule has 2 amide bonds. The van der Waals surface area contributed by atoms with Crippen molar-refractivity contribution >= 4 is 11.7 Å². The lowest BCUT2D eigenvalue weighted by Crippen LogP contribution is -2.51. The number of anilines is 1. The Labute approximate surface area is 137 Å². The van der Waals surface area contributed by atoms with Crippen LogP contribution in [0.3, 0.4) is 0 Å². The molecule has 0 radical (unpaired) electrons. The first-order chi connectivity index (χ1) is 11.2. The van der Waals surface area contributed by atoms with Crippen molar-refractivity contribution in [3.8, 4) is 0 Å². The Bertz CT molecular complexity index is 586. The maximum Gasteiger partial charge on any atom is 0.321 e. The number of aryl methyl sites for hydroxylation is 1. The van der Waals surface area contributed by atoms with Gasteiger partial charge in [-0.2, -0.15) is 0 Å². The third kappa shape index (κ3) is 2.95. The molecular weight excluding hydrogens is 288 g/mol. The topological polar surface area (TPSA) is 56.4 Å². The van der Waals surface area contributed by atoms with Crippen LogP contribution in [0.15, 0.2) is 24.3 Å². The number of hydrogen-bond donors (Lipinski definition) is 3. The molecule has 1 aliphatic carbocycles. The molecule has 23 heavy (non-hydrogen) atoms. The van der Waals surface area contributed by atoms with E-state index in [0.717, 1.165) is 36.7 Å². The van der Waals surface area contributed by atoms with Gasteiger partial charge in [0.1, 0.15) is 0 Å². The quantitative estimate of drug-likeness (QED) is 0.786. The van der Waals surface area contributed by atoms with Gasteiger partial charge in [0, 0.05) is 36.8 Å². The predicted octanol–water partition coefficient (Wildman–Crippen LogP) is 2.49. The number of amides is 2. The zero-order valence-corrected chi connectivity index (χ0v) is 13.7. The lowest BCUT2D eigenvalue weighted by molar-refractivity contribution is 0.137. The molecule has 4 rings (SSSR count). The van der Waals surface area contributed by atoms with E-state index in [0.29, 0.717) is 18.0 Å². The van der Waals surface area contributed by atoms with E-state index < -0.39 is 0 Å². The fourth-order valence-corrected chi connectivity index (χ4v) is 4.21. The van der Waals surface area contributed by atoms with Gasteiger partial charge in [-0.1, -0.05) is 18.6 Å². The summed E-state index contributed by atoms with van der Waals surface area (Å²) in [5.41, 5.74) is 9.02. The first-order valence-electron chi connectivity index (χ1n) is 8.84. The molecule has 0 aromatic heterocycles. The van der Waals surface area contributed by atoms with Crippen LogP contribution >= 0.6 is 0 Å². The summed E-state index contributed by atoms with van der Waals surface area (Å²) in [5.74, 6) is 1.33. The highest BCUT2D eigenvalue weighted by Crippen LogP contribution is 2.37. The Hall–Kier alpha value is -1.59. The lowest BCUT2D eigenvalue weighted by Gasteiger charge is -2.40. The Balaban J connectivity index is 1.40. The minimum Gasteiger partial charge on any atom is -0.324 e. The molecule has 2 heterocycles. The Morgan fingerprint density at radius 2 is 2.13 bits per heavy atom. The Kier molecular flexibility index (Phi) is 3.99. The number of carbonyl (C=O) groups excluding carboxylic acids is 1. The summed E-state index contributed by atoms with van der Waals surface area (Å²) in [6.07, 6.45) is 5.05. The van der Waals surface area contributed by atoms with Gasteiger partial charge in [0.15, 0.2) is 0 Å². The van der Waals surface area contributed by atoms with Crippen molar-refractivity contribution in [3.63, 3.8) is 0 Å². The van der Waals surface area contributed by atoms with Crippen LogP contribution in [-0.2, 0) is 0 Å². The molecular formula is C18H26N4O. The molecule has 3 N–H and O–H groups in total. The second-order valence-electron chi connectivity index (χ2n) is 7.31. The molecule has 0 bridgehead atoms. The van der Waals surface area contributed by atoms with Gasteiger partial charge in [0.2, 0.25) is 0 Å². The summed E-state index contributed by atoms with van der Waals surface area (Å²) in [5, 5.41) is 3.05. The normalized spacial score (nSPS) is 30.7. The molecule has 2 saturated heterocycles. The minimum atomic E-state index is 0.0355. The summed E-state index contributed by atoms with van der Waals surface area (Å²) in [6, 6.07) is 9.07. The first-order valence-corrected chi connectivity index (χ1v) is 8.84. The molecule has 3 atom stereocenters. The average molecular weight is 314 g/mol. The number of piperidine rings is 1. The lowest BCUT2D eigenvalue weighted by atomic mass is 9.73. The Morgan fingerprint density at radius 1 is 1.26 bits per heavy atom. The number of rotatable bonds is 2. The number of fused-ring (bicyclic) bond motifs is 1. The van der Waals surface area contributed by atoms with E-state index in [2.05, 4.69) is 16.2 Å². The fraction of sp³-hybridized carbons (Fsp3) is 0.611. The van der Waals surface area contributed by atoms with Crippen LogP contribution in [0, 0.1) is 18.8 Å².